The van der Waals surface area contributed by atoms with Crippen LogP contribution in [0.1, 0.15) is 10.4 Å². The second-order valence-corrected chi connectivity index (χ2v) is 6.03. The van der Waals surface area contributed by atoms with Gasteiger partial charge in [0.1, 0.15) is 0 Å². The Morgan fingerprint density at radius 3 is 2.63 bits per heavy atom. The highest BCUT2D eigenvalue weighted by molar-refractivity contribution is 7.89. The Bertz CT molecular complexity index is 565. The Kier molecular flexibility index (Phi) is 4.18. The molecule has 1 heterocycles. The summed E-state index contributed by atoms with van der Waals surface area (Å²) in [5.41, 5.74) is 0.373. The second kappa shape index (κ2) is 5.68. The van der Waals surface area contributed by atoms with Gasteiger partial charge in [0.25, 0.3) is 5.91 Å². The molecule has 1 aromatic carbocycles. The maximum atomic E-state index is 12.2. The average molecular weight is 284 g/mol. The standard InChI is InChI=1S/C12H16N2O4S/c1-13-19(16,17)11-4-2-3-10(9-11)12(15)14-5-7-18-8-6-14/h2-4,9,13H,5-8H2,1H3. The zero-order chi connectivity index (χ0) is 13.9. The lowest BCUT2D eigenvalue weighted by molar-refractivity contribution is 0.0302. The fourth-order valence-electron chi connectivity index (χ4n) is 1.86. The zero-order valence-corrected chi connectivity index (χ0v) is 11.4. The summed E-state index contributed by atoms with van der Waals surface area (Å²) in [6, 6.07) is 6.04. The van der Waals surface area contributed by atoms with Crippen molar-refractivity contribution in [3.63, 3.8) is 0 Å². The number of benzene rings is 1. The van der Waals surface area contributed by atoms with Gasteiger partial charge in [0, 0.05) is 18.7 Å². The number of hydrogen-bond acceptors (Lipinski definition) is 4. The van der Waals surface area contributed by atoms with Crippen molar-refractivity contribution in [2.24, 2.45) is 0 Å². The molecule has 1 aliphatic rings. The van der Waals surface area contributed by atoms with Crippen LogP contribution in [0.5, 0.6) is 0 Å². The van der Waals surface area contributed by atoms with Crippen molar-refractivity contribution in [3.05, 3.63) is 29.8 Å². The van der Waals surface area contributed by atoms with Crippen molar-refractivity contribution in [3.8, 4) is 0 Å². The molecule has 0 unspecified atom stereocenters. The van der Waals surface area contributed by atoms with Crippen LogP contribution in [0.4, 0.5) is 0 Å². The summed E-state index contributed by atoms with van der Waals surface area (Å²) in [5, 5.41) is 0. The Balaban J connectivity index is 2.25. The first kappa shape index (κ1) is 14.0. The van der Waals surface area contributed by atoms with E-state index in [0.29, 0.717) is 31.9 Å². The highest BCUT2D eigenvalue weighted by Crippen LogP contribution is 2.13. The number of sulfonamides is 1. The molecule has 2 rings (SSSR count). The first-order valence-corrected chi connectivity index (χ1v) is 7.43. The van der Waals surface area contributed by atoms with Crippen molar-refractivity contribution in [2.45, 2.75) is 4.90 Å². The van der Waals surface area contributed by atoms with Crippen LogP contribution in [0.25, 0.3) is 0 Å². The van der Waals surface area contributed by atoms with Crippen molar-refractivity contribution in [2.75, 3.05) is 33.4 Å². The summed E-state index contributed by atoms with van der Waals surface area (Å²) >= 11 is 0. The van der Waals surface area contributed by atoms with Gasteiger partial charge >= 0.3 is 0 Å². The molecule has 0 aromatic heterocycles. The topological polar surface area (TPSA) is 75.7 Å². The molecule has 0 radical (unpaired) electrons. The molecule has 0 saturated carbocycles. The fraction of sp³-hybridized carbons (Fsp3) is 0.417. The molecule has 0 bridgehead atoms. The number of amides is 1. The summed E-state index contributed by atoms with van der Waals surface area (Å²) in [4.78, 5) is 14.0. The third-order valence-corrected chi connectivity index (χ3v) is 4.37. The van der Waals surface area contributed by atoms with Gasteiger partial charge in [-0.05, 0) is 25.2 Å². The number of nitrogens with one attached hydrogen (secondary N) is 1. The van der Waals surface area contributed by atoms with E-state index in [1.54, 1.807) is 17.0 Å². The summed E-state index contributed by atoms with van der Waals surface area (Å²) < 4.78 is 30.8. The number of morpholine rings is 1. The van der Waals surface area contributed by atoms with Crippen LogP contribution in [0, 0.1) is 0 Å². The molecular formula is C12H16N2O4S. The molecule has 1 aliphatic heterocycles. The van der Waals surface area contributed by atoms with E-state index in [1.807, 2.05) is 0 Å². The average Bonchev–Trinajstić information content (AvgIpc) is 2.47. The fourth-order valence-corrected chi connectivity index (χ4v) is 2.64. The van der Waals surface area contributed by atoms with E-state index in [1.165, 1.54) is 19.2 Å². The predicted octanol–water partition coefficient (Wildman–Crippen LogP) is 0.0671. The third-order valence-electron chi connectivity index (χ3n) is 2.96. The number of hydrogen-bond donors (Lipinski definition) is 1. The van der Waals surface area contributed by atoms with Gasteiger partial charge in [-0.2, -0.15) is 0 Å². The van der Waals surface area contributed by atoms with Gasteiger partial charge in [0.15, 0.2) is 0 Å². The molecule has 0 aliphatic carbocycles. The first-order chi connectivity index (χ1) is 9.04. The van der Waals surface area contributed by atoms with Crippen LogP contribution in [0.15, 0.2) is 29.2 Å². The van der Waals surface area contributed by atoms with Crippen molar-refractivity contribution < 1.29 is 17.9 Å². The highest BCUT2D eigenvalue weighted by Gasteiger charge is 2.20. The zero-order valence-electron chi connectivity index (χ0n) is 10.6. The first-order valence-electron chi connectivity index (χ1n) is 5.95. The van der Waals surface area contributed by atoms with Crippen molar-refractivity contribution >= 4 is 15.9 Å². The second-order valence-electron chi connectivity index (χ2n) is 4.14. The number of ether oxygens (including phenoxy) is 1. The van der Waals surface area contributed by atoms with Gasteiger partial charge in [-0.25, -0.2) is 13.1 Å². The SMILES string of the molecule is CNS(=O)(=O)c1cccc(C(=O)N2CCOCC2)c1. The van der Waals surface area contributed by atoms with Crippen LogP contribution in [-0.4, -0.2) is 52.6 Å². The maximum Gasteiger partial charge on any atom is 0.254 e. The van der Waals surface area contributed by atoms with Crippen molar-refractivity contribution in [1.82, 2.24) is 9.62 Å². The van der Waals surface area contributed by atoms with Gasteiger partial charge in [0.2, 0.25) is 10.0 Å². The Morgan fingerprint density at radius 1 is 1.32 bits per heavy atom. The number of nitrogens with zero attached hydrogens (tertiary/aromatic N) is 1. The van der Waals surface area contributed by atoms with Crippen LogP contribution < -0.4 is 4.72 Å². The number of carbonyl (C=O) groups is 1. The molecule has 1 aromatic rings. The molecule has 104 valence electrons. The summed E-state index contributed by atoms with van der Waals surface area (Å²) in [6.45, 7) is 2.09. The molecule has 1 amide bonds. The molecule has 0 atom stereocenters. The van der Waals surface area contributed by atoms with Gasteiger partial charge in [-0.15, -0.1) is 0 Å². The molecule has 19 heavy (non-hydrogen) atoms. The van der Waals surface area contributed by atoms with Crippen LogP contribution in [0.3, 0.4) is 0 Å². The molecule has 1 saturated heterocycles. The van der Waals surface area contributed by atoms with Crippen LogP contribution in [0.2, 0.25) is 0 Å². The predicted molar refractivity (Wildman–Crippen MR) is 69.4 cm³/mol. The van der Waals surface area contributed by atoms with E-state index in [0.717, 1.165) is 0 Å². The Labute approximate surface area is 112 Å². The highest BCUT2D eigenvalue weighted by atomic mass is 32.2. The third kappa shape index (κ3) is 3.12. The number of rotatable bonds is 3. The minimum atomic E-state index is -3.53. The van der Waals surface area contributed by atoms with E-state index in [9.17, 15) is 13.2 Å². The van der Waals surface area contributed by atoms with Gasteiger partial charge < -0.3 is 9.64 Å². The summed E-state index contributed by atoms with van der Waals surface area (Å²) in [5.74, 6) is -0.170. The van der Waals surface area contributed by atoms with Crippen LogP contribution >= 0.6 is 0 Å². The van der Waals surface area contributed by atoms with E-state index in [-0.39, 0.29) is 10.8 Å². The Hall–Kier alpha value is -1.44. The quantitative estimate of drug-likeness (QED) is 0.852. The minimum absolute atomic E-state index is 0.0918. The molecular weight excluding hydrogens is 268 g/mol. The van der Waals surface area contributed by atoms with Gasteiger partial charge in [-0.3, -0.25) is 4.79 Å². The monoisotopic (exact) mass is 284 g/mol. The molecule has 0 spiro atoms. The smallest absolute Gasteiger partial charge is 0.254 e. The molecule has 7 heteroatoms. The lowest BCUT2D eigenvalue weighted by Gasteiger charge is -2.26. The van der Waals surface area contributed by atoms with Gasteiger partial charge in [-0.1, -0.05) is 6.07 Å². The number of carbonyl (C=O) groups excluding carboxylic acids is 1. The van der Waals surface area contributed by atoms with E-state index in [2.05, 4.69) is 4.72 Å². The Morgan fingerprint density at radius 2 is 2.00 bits per heavy atom. The molecule has 1 N–H and O–H groups in total. The van der Waals surface area contributed by atoms with Gasteiger partial charge in [0.05, 0.1) is 18.1 Å². The summed E-state index contributed by atoms with van der Waals surface area (Å²) in [7, 11) is -2.19. The van der Waals surface area contributed by atoms with E-state index in [4.69, 9.17) is 4.74 Å². The maximum absolute atomic E-state index is 12.2. The lowest BCUT2D eigenvalue weighted by atomic mass is 10.2. The van der Waals surface area contributed by atoms with Crippen molar-refractivity contribution in [1.29, 1.82) is 0 Å². The minimum Gasteiger partial charge on any atom is -0.378 e. The lowest BCUT2D eigenvalue weighted by Crippen LogP contribution is -2.40. The summed E-state index contributed by atoms with van der Waals surface area (Å²) in [6.07, 6.45) is 0. The molecule has 1 fully saturated rings. The van der Waals surface area contributed by atoms with E-state index < -0.39 is 10.0 Å². The van der Waals surface area contributed by atoms with Crippen LogP contribution in [-0.2, 0) is 14.8 Å². The largest absolute Gasteiger partial charge is 0.378 e. The molecule has 6 nitrogen and oxygen atoms in total. The van der Waals surface area contributed by atoms with E-state index >= 15 is 0 Å². The normalized spacial score (nSPS) is 16.4.